The van der Waals surface area contributed by atoms with E-state index < -0.39 is 11.9 Å². The number of halogens is 1. The minimum atomic E-state index is -0.491. The SMILES string of the molecule is Cc1ccc(F)c(OCC(=O)N2CCO[C@@H](c3nnc(C)o3)C2)c1. The van der Waals surface area contributed by atoms with Gasteiger partial charge in [0.2, 0.25) is 11.8 Å². The zero-order chi connectivity index (χ0) is 17.1. The third-order valence-electron chi connectivity index (χ3n) is 3.67. The van der Waals surface area contributed by atoms with Crippen LogP contribution in [-0.2, 0) is 9.53 Å². The summed E-state index contributed by atoms with van der Waals surface area (Å²) in [6, 6.07) is 4.52. The molecule has 8 heteroatoms. The van der Waals surface area contributed by atoms with Crippen molar-refractivity contribution in [3.05, 3.63) is 41.4 Å². The molecule has 0 aliphatic carbocycles. The number of benzene rings is 1. The topological polar surface area (TPSA) is 77.7 Å². The summed E-state index contributed by atoms with van der Waals surface area (Å²) in [4.78, 5) is 13.9. The van der Waals surface area contributed by atoms with Crippen molar-refractivity contribution in [3.8, 4) is 5.75 Å². The molecule has 7 nitrogen and oxygen atoms in total. The lowest BCUT2D eigenvalue weighted by molar-refractivity contribution is -0.142. The monoisotopic (exact) mass is 335 g/mol. The van der Waals surface area contributed by atoms with Gasteiger partial charge in [-0.2, -0.15) is 0 Å². The number of morpholine rings is 1. The maximum absolute atomic E-state index is 13.7. The molecule has 0 saturated carbocycles. The second-order valence-electron chi connectivity index (χ2n) is 5.58. The van der Waals surface area contributed by atoms with Gasteiger partial charge in [-0.25, -0.2) is 4.39 Å². The van der Waals surface area contributed by atoms with Crippen molar-refractivity contribution in [3.63, 3.8) is 0 Å². The highest BCUT2D eigenvalue weighted by atomic mass is 19.1. The smallest absolute Gasteiger partial charge is 0.260 e. The van der Waals surface area contributed by atoms with Gasteiger partial charge in [-0.3, -0.25) is 4.79 Å². The predicted octanol–water partition coefficient (Wildman–Crippen LogP) is 1.80. The normalized spacial score (nSPS) is 17.8. The van der Waals surface area contributed by atoms with Gasteiger partial charge >= 0.3 is 0 Å². The van der Waals surface area contributed by atoms with Crippen LogP contribution in [0.5, 0.6) is 5.75 Å². The largest absolute Gasteiger partial charge is 0.481 e. The van der Waals surface area contributed by atoms with Crippen molar-refractivity contribution in [2.24, 2.45) is 0 Å². The Morgan fingerprint density at radius 2 is 2.25 bits per heavy atom. The lowest BCUT2D eigenvalue weighted by Gasteiger charge is -2.31. The molecule has 2 heterocycles. The van der Waals surface area contributed by atoms with Gasteiger partial charge in [0.25, 0.3) is 5.91 Å². The average Bonchev–Trinajstić information content (AvgIpc) is 3.02. The molecule has 1 aromatic carbocycles. The Bertz CT molecular complexity index is 734. The second kappa shape index (κ2) is 6.96. The molecule has 1 aliphatic heterocycles. The second-order valence-corrected chi connectivity index (χ2v) is 5.58. The number of amides is 1. The molecule has 0 bridgehead atoms. The van der Waals surface area contributed by atoms with Crippen molar-refractivity contribution in [1.29, 1.82) is 0 Å². The van der Waals surface area contributed by atoms with E-state index in [-0.39, 0.29) is 18.3 Å². The molecule has 0 N–H and O–H groups in total. The summed E-state index contributed by atoms with van der Waals surface area (Å²) in [5.74, 6) is 0.113. The highest BCUT2D eigenvalue weighted by Crippen LogP contribution is 2.22. The molecule has 0 unspecified atom stereocenters. The highest BCUT2D eigenvalue weighted by Gasteiger charge is 2.29. The Morgan fingerprint density at radius 1 is 1.42 bits per heavy atom. The van der Waals surface area contributed by atoms with Crippen LogP contribution in [0.4, 0.5) is 4.39 Å². The summed E-state index contributed by atoms with van der Waals surface area (Å²) >= 11 is 0. The van der Waals surface area contributed by atoms with E-state index in [1.165, 1.54) is 6.07 Å². The fraction of sp³-hybridized carbons (Fsp3) is 0.438. The molecule has 1 aliphatic rings. The Kier molecular flexibility index (Phi) is 4.75. The summed E-state index contributed by atoms with van der Waals surface area (Å²) in [7, 11) is 0. The van der Waals surface area contributed by atoms with E-state index in [9.17, 15) is 9.18 Å². The predicted molar refractivity (Wildman–Crippen MR) is 80.9 cm³/mol. The van der Waals surface area contributed by atoms with E-state index in [0.717, 1.165) is 5.56 Å². The molecular weight excluding hydrogens is 317 g/mol. The van der Waals surface area contributed by atoms with Crippen molar-refractivity contribution < 1.29 is 23.1 Å². The number of aromatic nitrogens is 2. The third-order valence-corrected chi connectivity index (χ3v) is 3.67. The first-order chi connectivity index (χ1) is 11.5. The molecule has 1 aromatic heterocycles. The number of hydrogen-bond donors (Lipinski definition) is 0. The molecular formula is C16H18FN3O4. The van der Waals surface area contributed by atoms with Crippen LogP contribution < -0.4 is 4.74 Å². The molecule has 1 atom stereocenters. The summed E-state index contributed by atoms with van der Waals surface area (Å²) in [6.45, 7) is 4.36. The zero-order valence-electron chi connectivity index (χ0n) is 13.5. The Labute approximate surface area is 138 Å². The van der Waals surface area contributed by atoms with E-state index >= 15 is 0 Å². The van der Waals surface area contributed by atoms with Crippen LogP contribution in [0, 0.1) is 19.7 Å². The Hall–Kier alpha value is -2.48. The lowest BCUT2D eigenvalue weighted by atomic mass is 10.2. The molecule has 1 amide bonds. The van der Waals surface area contributed by atoms with Crippen LogP contribution in [0.25, 0.3) is 0 Å². The maximum atomic E-state index is 13.7. The third kappa shape index (κ3) is 3.70. The fourth-order valence-electron chi connectivity index (χ4n) is 2.42. The van der Waals surface area contributed by atoms with Crippen LogP contribution in [0.1, 0.15) is 23.4 Å². The Balaban J connectivity index is 1.59. The first kappa shape index (κ1) is 16.4. The summed E-state index contributed by atoms with van der Waals surface area (Å²) in [5.41, 5.74) is 0.858. The van der Waals surface area contributed by atoms with E-state index in [0.29, 0.717) is 31.5 Å². The van der Waals surface area contributed by atoms with Crippen LogP contribution >= 0.6 is 0 Å². The van der Waals surface area contributed by atoms with Gasteiger partial charge in [-0.05, 0) is 24.6 Å². The molecule has 1 saturated heterocycles. The van der Waals surface area contributed by atoms with Crippen molar-refractivity contribution in [1.82, 2.24) is 15.1 Å². The Morgan fingerprint density at radius 3 is 3.00 bits per heavy atom. The van der Waals surface area contributed by atoms with Crippen LogP contribution in [0.2, 0.25) is 0 Å². The number of aryl methyl sites for hydroxylation is 2. The van der Waals surface area contributed by atoms with Crippen LogP contribution in [-0.4, -0.2) is 47.3 Å². The number of hydrogen-bond acceptors (Lipinski definition) is 6. The quantitative estimate of drug-likeness (QED) is 0.848. The number of carbonyl (C=O) groups excluding carboxylic acids is 1. The van der Waals surface area contributed by atoms with Gasteiger partial charge in [-0.15, -0.1) is 10.2 Å². The fourth-order valence-corrected chi connectivity index (χ4v) is 2.42. The van der Waals surface area contributed by atoms with Gasteiger partial charge in [-0.1, -0.05) is 6.07 Å². The molecule has 0 spiro atoms. The standard InChI is InChI=1S/C16H18FN3O4/c1-10-3-4-12(17)13(7-10)23-9-15(21)20-5-6-22-14(8-20)16-19-18-11(2)24-16/h3-4,7,14H,5-6,8-9H2,1-2H3/t14-/m1/s1. The van der Waals surface area contributed by atoms with Crippen LogP contribution in [0.3, 0.4) is 0 Å². The summed E-state index contributed by atoms with van der Waals surface area (Å²) in [6.07, 6.45) is -0.459. The number of nitrogens with zero attached hydrogens (tertiary/aromatic N) is 3. The van der Waals surface area contributed by atoms with E-state index in [1.54, 1.807) is 24.0 Å². The highest BCUT2D eigenvalue weighted by molar-refractivity contribution is 5.78. The number of ether oxygens (including phenoxy) is 2. The van der Waals surface area contributed by atoms with Gasteiger partial charge in [0.1, 0.15) is 0 Å². The minimum absolute atomic E-state index is 0.0701. The molecule has 24 heavy (non-hydrogen) atoms. The van der Waals surface area contributed by atoms with Gasteiger partial charge in [0.15, 0.2) is 24.3 Å². The van der Waals surface area contributed by atoms with Gasteiger partial charge in [0.05, 0.1) is 13.2 Å². The van der Waals surface area contributed by atoms with Crippen LogP contribution in [0.15, 0.2) is 22.6 Å². The molecule has 0 radical (unpaired) electrons. The summed E-state index contributed by atoms with van der Waals surface area (Å²) in [5, 5.41) is 7.68. The van der Waals surface area contributed by atoms with Gasteiger partial charge in [0, 0.05) is 13.5 Å². The molecule has 3 rings (SSSR count). The number of carbonyl (C=O) groups is 1. The minimum Gasteiger partial charge on any atom is -0.481 e. The lowest BCUT2D eigenvalue weighted by Crippen LogP contribution is -2.44. The van der Waals surface area contributed by atoms with Crippen molar-refractivity contribution >= 4 is 5.91 Å². The summed E-state index contributed by atoms with van der Waals surface area (Å²) < 4.78 is 29.9. The van der Waals surface area contributed by atoms with E-state index in [2.05, 4.69) is 10.2 Å². The molecule has 2 aromatic rings. The maximum Gasteiger partial charge on any atom is 0.260 e. The van der Waals surface area contributed by atoms with Gasteiger partial charge < -0.3 is 18.8 Å². The molecule has 128 valence electrons. The number of rotatable bonds is 4. The zero-order valence-corrected chi connectivity index (χ0v) is 13.5. The first-order valence-electron chi connectivity index (χ1n) is 7.61. The van der Waals surface area contributed by atoms with Crippen molar-refractivity contribution in [2.75, 3.05) is 26.3 Å². The van der Waals surface area contributed by atoms with E-state index in [4.69, 9.17) is 13.9 Å². The first-order valence-corrected chi connectivity index (χ1v) is 7.61. The average molecular weight is 335 g/mol. The molecule has 1 fully saturated rings. The van der Waals surface area contributed by atoms with E-state index in [1.807, 2.05) is 6.92 Å². The van der Waals surface area contributed by atoms with Crippen molar-refractivity contribution in [2.45, 2.75) is 20.0 Å².